The predicted octanol–water partition coefficient (Wildman–Crippen LogP) is 4.49. The molecule has 0 aliphatic rings. The summed E-state index contributed by atoms with van der Waals surface area (Å²) in [6.07, 6.45) is -3.58. The molecule has 0 bridgehead atoms. The number of rotatable bonds is 4. The molecular weight excluding hydrogens is 341 g/mol. The zero-order chi connectivity index (χ0) is 18.1. The minimum absolute atomic E-state index is 0.0746. The van der Waals surface area contributed by atoms with Crippen molar-refractivity contribution >= 4 is 0 Å². The highest BCUT2D eigenvalue weighted by molar-refractivity contribution is 5.31. The maximum atomic E-state index is 14.4. The Kier molecular flexibility index (Phi) is 4.28. The molecule has 0 fully saturated rings. The Morgan fingerprint density at radius 1 is 0.840 bits per heavy atom. The van der Waals surface area contributed by atoms with Gasteiger partial charge in [-0.15, -0.1) is 5.10 Å². The number of hydrogen-bond acceptors (Lipinski definition) is 2. The average Bonchev–Trinajstić information content (AvgIpc) is 3.04. The number of aromatic nitrogens is 3. The second-order valence-corrected chi connectivity index (χ2v) is 5.40. The van der Waals surface area contributed by atoms with E-state index in [2.05, 4.69) is 10.3 Å². The Morgan fingerprint density at radius 3 is 2.16 bits per heavy atom. The van der Waals surface area contributed by atoms with Crippen molar-refractivity contribution in [2.24, 2.45) is 0 Å². The summed E-state index contributed by atoms with van der Waals surface area (Å²) in [5.41, 5.74) is -1.79. The third-order valence-corrected chi connectivity index (χ3v) is 3.65. The Hall–Kier alpha value is -2.77. The van der Waals surface area contributed by atoms with E-state index in [0.29, 0.717) is 0 Å². The van der Waals surface area contributed by atoms with E-state index in [1.165, 1.54) is 42.5 Å². The number of halogens is 5. The van der Waals surface area contributed by atoms with Crippen molar-refractivity contribution in [2.75, 3.05) is 0 Å². The van der Waals surface area contributed by atoms with Crippen LogP contribution in [0.25, 0.3) is 0 Å². The summed E-state index contributed by atoms with van der Waals surface area (Å²) in [7, 11) is 0. The first-order chi connectivity index (χ1) is 11.8. The second-order valence-electron chi connectivity index (χ2n) is 5.40. The molecule has 1 heterocycles. The summed E-state index contributed by atoms with van der Waals surface area (Å²) in [6.45, 7) is -0.312. The molecule has 0 aliphatic carbocycles. The van der Waals surface area contributed by atoms with E-state index in [-0.39, 0.29) is 17.7 Å². The minimum atomic E-state index is -4.53. The molecule has 0 N–H and O–H groups in total. The fraction of sp³-hybridized carbons (Fsp3) is 0.176. The summed E-state index contributed by atoms with van der Waals surface area (Å²) in [5, 5.41) is 6.98. The van der Waals surface area contributed by atoms with Crippen molar-refractivity contribution < 1.29 is 22.0 Å². The number of hydrogen-bond donors (Lipinski definition) is 0. The first-order valence-electron chi connectivity index (χ1n) is 7.27. The van der Waals surface area contributed by atoms with Crippen LogP contribution in [0.3, 0.4) is 0 Å². The van der Waals surface area contributed by atoms with Crippen molar-refractivity contribution in [1.82, 2.24) is 15.0 Å². The zero-order valence-electron chi connectivity index (χ0n) is 12.7. The van der Waals surface area contributed by atoms with Gasteiger partial charge in [0.2, 0.25) is 0 Å². The molecule has 1 aromatic heterocycles. The molecule has 3 nitrogen and oxygen atoms in total. The Labute approximate surface area is 139 Å². The summed E-state index contributed by atoms with van der Waals surface area (Å²) in [4.78, 5) is 0. The van der Waals surface area contributed by atoms with Gasteiger partial charge in [-0.2, -0.15) is 22.0 Å². The molecule has 0 spiro atoms. The highest BCUT2D eigenvalue weighted by atomic mass is 19.4. The smallest absolute Gasteiger partial charge is 0.248 e. The van der Waals surface area contributed by atoms with Crippen molar-refractivity contribution in [3.63, 3.8) is 0 Å². The van der Waals surface area contributed by atoms with Gasteiger partial charge < -0.3 is 0 Å². The van der Waals surface area contributed by atoms with Gasteiger partial charge in [-0.25, -0.2) is 4.68 Å². The lowest BCUT2D eigenvalue weighted by Gasteiger charge is -2.13. The first-order valence-corrected chi connectivity index (χ1v) is 7.27. The highest BCUT2D eigenvalue weighted by Gasteiger charge is 2.37. The average molecular weight is 353 g/mol. The molecule has 0 aliphatic heterocycles. The van der Waals surface area contributed by atoms with E-state index in [1.807, 2.05) is 0 Å². The molecule has 3 aromatic rings. The number of alkyl halides is 5. The third kappa shape index (κ3) is 3.52. The van der Waals surface area contributed by atoms with Gasteiger partial charge in [-0.05, 0) is 11.6 Å². The van der Waals surface area contributed by atoms with Crippen LogP contribution in [-0.4, -0.2) is 15.0 Å². The van der Waals surface area contributed by atoms with Gasteiger partial charge >= 0.3 is 12.1 Å². The van der Waals surface area contributed by atoms with Crippen LogP contribution in [0.15, 0.2) is 60.8 Å². The zero-order valence-corrected chi connectivity index (χ0v) is 12.7. The monoisotopic (exact) mass is 353 g/mol. The molecular formula is C17H12F5N3. The van der Waals surface area contributed by atoms with Gasteiger partial charge in [0.1, 0.15) is 0 Å². The molecule has 0 radical (unpaired) electrons. The van der Waals surface area contributed by atoms with Crippen LogP contribution in [0.2, 0.25) is 0 Å². The molecule has 8 heteroatoms. The third-order valence-electron chi connectivity index (χ3n) is 3.65. The normalized spacial score (nSPS) is 12.4. The largest absolute Gasteiger partial charge is 0.416 e. The van der Waals surface area contributed by atoms with Gasteiger partial charge in [-0.3, -0.25) is 0 Å². The minimum Gasteiger partial charge on any atom is -0.248 e. The van der Waals surface area contributed by atoms with Crippen LogP contribution in [-0.2, 0) is 18.6 Å². The first kappa shape index (κ1) is 17.1. The quantitative estimate of drug-likeness (QED) is 0.647. The molecule has 3 rings (SSSR count). The van der Waals surface area contributed by atoms with E-state index in [0.717, 1.165) is 16.9 Å². The van der Waals surface area contributed by atoms with E-state index >= 15 is 0 Å². The van der Waals surface area contributed by atoms with Crippen molar-refractivity contribution in [3.8, 4) is 0 Å². The lowest BCUT2D eigenvalue weighted by Crippen LogP contribution is -2.15. The molecule has 130 valence electrons. The lowest BCUT2D eigenvalue weighted by molar-refractivity contribution is -0.138. The molecule has 0 saturated heterocycles. The van der Waals surface area contributed by atoms with E-state index in [1.54, 1.807) is 6.07 Å². The SMILES string of the molecule is FC(F)(F)c1ccccc1Cn1cc(C(F)(F)c2ccccc2)nn1. The van der Waals surface area contributed by atoms with Crippen molar-refractivity contribution in [1.29, 1.82) is 0 Å². The van der Waals surface area contributed by atoms with Gasteiger partial charge in [-0.1, -0.05) is 53.7 Å². The molecule has 25 heavy (non-hydrogen) atoms. The topological polar surface area (TPSA) is 30.7 Å². The van der Waals surface area contributed by atoms with E-state index < -0.39 is 23.4 Å². The number of nitrogens with zero attached hydrogens (tertiary/aromatic N) is 3. The summed E-state index contributed by atoms with van der Waals surface area (Å²) in [5.74, 6) is -3.39. The van der Waals surface area contributed by atoms with E-state index in [9.17, 15) is 22.0 Å². The maximum absolute atomic E-state index is 14.4. The summed E-state index contributed by atoms with van der Waals surface area (Å²) >= 11 is 0. The standard InChI is InChI=1S/C17H12F5N3/c18-16(19,13-7-2-1-3-8-13)15-11-25(24-23-15)10-12-6-4-5-9-14(12)17(20,21)22/h1-9,11H,10H2. The Balaban J connectivity index is 1.89. The van der Waals surface area contributed by atoms with Crippen LogP contribution < -0.4 is 0 Å². The Morgan fingerprint density at radius 2 is 1.48 bits per heavy atom. The van der Waals surface area contributed by atoms with Crippen LogP contribution in [0.4, 0.5) is 22.0 Å². The van der Waals surface area contributed by atoms with Gasteiger partial charge in [0.25, 0.3) is 0 Å². The number of benzene rings is 2. The Bertz CT molecular complexity index is 856. The van der Waals surface area contributed by atoms with Crippen LogP contribution in [0.1, 0.15) is 22.4 Å². The molecule has 0 amide bonds. The van der Waals surface area contributed by atoms with Crippen molar-refractivity contribution in [2.45, 2.75) is 18.6 Å². The highest BCUT2D eigenvalue weighted by Crippen LogP contribution is 2.35. The maximum Gasteiger partial charge on any atom is 0.416 e. The van der Waals surface area contributed by atoms with Crippen molar-refractivity contribution in [3.05, 3.63) is 83.2 Å². The lowest BCUT2D eigenvalue weighted by atomic mass is 10.1. The molecule has 0 atom stereocenters. The van der Waals surface area contributed by atoms with E-state index in [4.69, 9.17) is 0 Å². The van der Waals surface area contributed by atoms with Gasteiger partial charge in [0.05, 0.1) is 18.3 Å². The van der Waals surface area contributed by atoms with Crippen LogP contribution in [0, 0.1) is 0 Å². The van der Waals surface area contributed by atoms with Gasteiger partial charge in [0.15, 0.2) is 5.69 Å². The molecule has 0 unspecified atom stereocenters. The summed E-state index contributed by atoms with van der Waals surface area (Å²) < 4.78 is 68.8. The van der Waals surface area contributed by atoms with Crippen LogP contribution in [0.5, 0.6) is 0 Å². The fourth-order valence-corrected chi connectivity index (χ4v) is 2.42. The fourth-order valence-electron chi connectivity index (χ4n) is 2.42. The predicted molar refractivity (Wildman–Crippen MR) is 80.0 cm³/mol. The van der Waals surface area contributed by atoms with Gasteiger partial charge in [0, 0.05) is 5.56 Å². The second kappa shape index (κ2) is 6.27. The molecule has 2 aromatic carbocycles. The van der Waals surface area contributed by atoms with Crippen LogP contribution >= 0.6 is 0 Å². The summed E-state index contributed by atoms with van der Waals surface area (Å²) in [6, 6.07) is 12.0. The molecule has 0 saturated carbocycles.